The number of hydrogen-bond acceptors (Lipinski definition) is 6. The molecule has 0 fully saturated rings. The summed E-state index contributed by atoms with van der Waals surface area (Å²) in [4.78, 5) is 12.4. The Balaban J connectivity index is 1.48. The molecule has 3 rings (SSSR count). The van der Waals surface area contributed by atoms with E-state index in [1.165, 1.54) is 11.8 Å². The molecule has 1 atom stereocenters. The van der Waals surface area contributed by atoms with Crippen molar-refractivity contribution >= 4 is 17.7 Å². The van der Waals surface area contributed by atoms with Crippen LogP contribution in [-0.2, 0) is 17.8 Å². The number of rotatable bonds is 9. The van der Waals surface area contributed by atoms with E-state index in [0.29, 0.717) is 18.2 Å². The van der Waals surface area contributed by atoms with Crippen molar-refractivity contribution in [3.8, 4) is 5.75 Å². The van der Waals surface area contributed by atoms with Crippen LogP contribution in [0.3, 0.4) is 0 Å². The fraction of sp³-hybridized carbons (Fsp3) is 0.300. The third kappa shape index (κ3) is 5.56. The zero-order valence-electron chi connectivity index (χ0n) is 15.9. The van der Waals surface area contributed by atoms with Crippen molar-refractivity contribution in [3.05, 3.63) is 65.7 Å². The summed E-state index contributed by atoms with van der Waals surface area (Å²) in [5.41, 5.74) is 2.25. The van der Waals surface area contributed by atoms with Gasteiger partial charge in [-0.15, -0.1) is 5.10 Å². The Morgan fingerprint density at radius 2 is 1.89 bits per heavy atom. The van der Waals surface area contributed by atoms with E-state index in [1.807, 2.05) is 61.5 Å². The van der Waals surface area contributed by atoms with Crippen LogP contribution in [0.15, 0.2) is 59.8 Å². The highest BCUT2D eigenvalue weighted by molar-refractivity contribution is 8.00. The number of ether oxygens (including phenoxy) is 1. The summed E-state index contributed by atoms with van der Waals surface area (Å²) < 4.78 is 6.86. The summed E-state index contributed by atoms with van der Waals surface area (Å²) in [5.74, 6) is 0.791. The Bertz CT molecular complexity index is 883. The first-order chi connectivity index (χ1) is 13.7. The molecular weight excluding hydrogens is 374 g/mol. The molecule has 28 heavy (non-hydrogen) atoms. The monoisotopic (exact) mass is 397 g/mol. The molecule has 1 heterocycles. The van der Waals surface area contributed by atoms with Crippen LogP contribution in [0.2, 0.25) is 0 Å². The minimum atomic E-state index is -0.295. The predicted octanol–water partition coefficient (Wildman–Crippen LogP) is 2.57. The van der Waals surface area contributed by atoms with Gasteiger partial charge in [0.1, 0.15) is 5.75 Å². The molecule has 3 aromatic rings. The van der Waals surface area contributed by atoms with Crippen molar-refractivity contribution in [1.82, 2.24) is 25.5 Å². The minimum absolute atomic E-state index is 0.0345. The van der Waals surface area contributed by atoms with Crippen LogP contribution < -0.4 is 10.1 Å². The zero-order valence-corrected chi connectivity index (χ0v) is 16.7. The molecule has 2 aromatic carbocycles. The predicted molar refractivity (Wildman–Crippen MR) is 108 cm³/mol. The first-order valence-corrected chi connectivity index (χ1v) is 9.91. The molecule has 1 N–H and O–H groups in total. The number of nitrogens with zero attached hydrogens (tertiary/aromatic N) is 4. The SMILES string of the molecule is COc1ccc(CCNC(=O)C(C)Sc2nnnn2Cc2ccccc2)cc1. The quantitative estimate of drug-likeness (QED) is 0.559. The van der Waals surface area contributed by atoms with Gasteiger partial charge in [0.25, 0.3) is 0 Å². The van der Waals surface area contributed by atoms with Crippen LogP contribution in [0.25, 0.3) is 0 Å². The fourth-order valence-corrected chi connectivity index (χ4v) is 3.43. The van der Waals surface area contributed by atoms with Crippen LogP contribution in [0.4, 0.5) is 0 Å². The molecule has 0 aliphatic carbocycles. The Hall–Kier alpha value is -2.87. The van der Waals surface area contributed by atoms with E-state index >= 15 is 0 Å². The van der Waals surface area contributed by atoms with E-state index in [2.05, 4.69) is 20.8 Å². The van der Waals surface area contributed by atoms with Crippen molar-refractivity contribution < 1.29 is 9.53 Å². The van der Waals surface area contributed by atoms with E-state index < -0.39 is 0 Å². The molecule has 146 valence electrons. The largest absolute Gasteiger partial charge is 0.497 e. The first kappa shape index (κ1) is 19.9. The van der Waals surface area contributed by atoms with Gasteiger partial charge >= 0.3 is 0 Å². The van der Waals surface area contributed by atoms with Crippen LogP contribution >= 0.6 is 11.8 Å². The van der Waals surface area contributed by atoms with Crippen LogP contribution in [0.5, 0.6) is 5.75 Å². The first-order valence-electron chi connectivity index (χ1n) is 9.03. The number of aromatic nitrogens is 4. The van der Waals surface area contributed by atoms with Gasteiger partial charge in [0.05, 0.1) is 18.9 Å². The summed E-state index contributed by atoms with van der Waals surface area (Å²) in [6, 6.07) is 17.8. The lowest BCUT2D eigenvalue weighted by Gasteiger charge is -2.12. The number of hydrogen-bond donors (Lipinski definition) is 1. The van der Waals surface area contributed by atoms with Crippen LogP contribution in [0, 0.1) is 0 Å². The number of thioether (sulfide) groups is 1. The molecular formula is C20H23N5O2S. The van der Waals surface area contributed by atoms with E-state index in [4.69, 9.17) is 4.74 Å². The molecule has 7 nitrogen and oxygen atoms in total. The van der Waals surface area contributed by atoms with Crippen LogP contribution in [-0.4, -0.2) is 45.0 Å². The van der Waals surface area contributed by atoms with Gasteiger partial charge in [-0.1, -0.05) is 54.2 Å². The summed E-state index contributed by atoms with van der Waals surface area (Å²) in [5, 5.41) is 15.1. The number of methoxy groups -OCH3 is 1. The summed E-state index contributed by atoms with van der Waals surface area (Å²) >= 11 is 1.35. The second-order valence-electron chi connectivity index (χ2n) is 6.25. The van der Waals surface area contributed by atoms with Gasteiger partial charge in [-0.05, 0) is 47.0 Å². The average molecular weight is 398 g/mol. The molecule has 0 aliphatic rings. The van der Waals surface area contributed by atoms with Gasteiger partial charge in [-0.25, -0.2) is 4.68 Å². The van der Waals surface area contributed by atoms with Gasteiger partial charge in [0.15, 0.2) is 0 Å². The number of nitrogens with one attached hydrogen (secondary N) is 1. The topological polar surface area (TPSA) is 81.9 Å². The lowest BCUT2D eigenvalue weighted by Crippen LogP contribution is -2.32. The molecule has 8 heteroatoms. The van der Waals surface area contributed by atoms with Gasteiger partial charge < -0.3 is 10.1 Å². The van der Waals surface area contributed by atoms with Crippen molar-refractivity contribution in [2.45, 2.75) is 30.3 Å². The Labute approximate surface area is 168 Å². The third-order valence-electron chi connectivity index (χ3n) is 4.20. The molecule has 1 aromatic heterocycles. The van der Waals surface area contributed by atoms with Crippen LogP contribution in [0.1, 0.15) is 18.1 Å². The molecule has 0 aliphatic heterocycles. The Morgan fingerprint density at radius 1 is 1.14 bits per heavy atom. The summed E-state index contributed by atoms with van der Waals surface area (Å²) in [6.45, 7) is 3.00. The summed E-state index contributed by atoms with van der Waals surface area (Å²) in [6.07, 6.45) is 0.763. The molecule has 0 saturated heterocycles. The lowest BCUT2D eigenvalue weighted by atomic mass is 10.1. The Morgan fingerprint density at radius 3 is 2.61 bits per heavy atom. The van der Waals surface area contributed by atoms with Gasteiger partial charge in [-0.3, -0.25) is 4.79 Å². The highest BCUT2D eigenvalue weighted by atomic mass is 32.2. The minimum Gasteiger partial charge on any atom is -0.497 e. The second kappa shape index (κ2) is 9.89. The molecule has 0 saturated carbocycles. The highest BCUT2D eigenvalue weighted by Gasteiger charge is 2.18. The molecule has 0 bridgehead atoms. The standard InChI is InChI=1S/C20H23N5O2S/c1-15(19(26)21-13-12-16-8-10-18(27-2)11-9-16)28-20-22-23-24-25(20)14-17-6-4-3-5-7-17/h3-11,15H,12-14H2,1-2H3,(H,21,26). The lowest BCUT2D eigenvalue weighted by molar-refractivity contribution is -0.120. The van der Waals surface area contributed by atoms with Gasteiger partial charge in [-0.2, -0.15) is 0 Å². The molecule has 0 radical (unpaired) electrons. The van der Waals surface area contributed by atoms with E-state index in [0.717, 1.165) is 23.3 Å². The Kier molecular flexibility index (Phi) is 7.02. The zero-order chi connectivity index (χ0) is 19.8. The van der Waals surface area contributed by atoms with Crippen molar-refractivity contribution in [2.24, 2.45) is 0 Å². The maximum atomic E-state index is 12.4. The van der Waals surface area contributed by atoms with Crippen molar-refractivity contribution in [1.29, 1.82) is 0 Å². The maximum absolute atomic E-state index is 12.4. The smallest absolute Gasteiger partial charge is 0.233 e. The molecule has 1 amide bonds. The van der Waals surface area contributed by atoms with Gasteiger partial charge in [0.2, 0.25) is 11.1 Å². The van der Waals surface area contributed by atoms with Crippen molar-refractivity contribution in [3.63, 3.8) is 0 Å². The average Bonchev–Trinajstić information content (AvgIpc) is 3.15. The van der Waals surface area contributed by atoms with Gasteiger partial charge in [0, 0.05) is 6.54 Å². The molecule has 1 unspecified atom stereocenters. The number of amides is 1. The fourth-order valence-electron chi connectivity index (χ4n) is 2.61. The maximum Gasteiger partial charge on any atom is 0.233 e. The number of carbonyl (C=O) groups excluding carboxylic acids is 1. The van der Waals surface area contributed by atoms with E-state index in [9.17, 15) is 4.79 Å². The number of tetrazole rings is 1. The summed E-state index contributed by atoms with van der Waals surface area (Å²) in [7, 11) is 1.64. The van der Waals surface area contributed by atoms with E-state index in [-0.39, 0.29) is 11.2 Å². The highest BCUT2D eigenvalue weighted by Crippen LogP contribution is 2.21. The third-order valence-corrected chi connectivity index (χ3v) is 5.27. The molecule has 0 spiro atoms. The second-order valence-corrected chi connectivity index (χ2v) is 7.56. The van der Waals surface area contributed by atoms with Crippen molar-refractivity contribution in [2.75, 3.05) is 13.7 Å². The normalized spacial score (nSPS) is 11.8. The number of benzene rings is 2. The van der Waals surface area contributed by atoms with E-state index in [1.54, 1.807) is 11.8 Å². The number of carbonyl (C=O) groups is 1.